The lowest BCUT2D eigenvalue weighted by molar-refractivity contribution is 0.227. The predicted octanol–water partition coefficient (Wildman–Crippen LogP) is 5.77. The predicted molar refractivity (Wildman–Crippen MR) is 91.5 cm³/mol. The van der Waals surface area contributed by atoms with Crippen LogP contribution in [0.3, 0.4) is 0 Å². The molecule has 0 aliphatic heterocycles. The largest absolute Gasteiger partial charge is 0.304 e. The van der Waals surface area contributed by atoms with E-state index in [9.17, 15) is 0 Å². The van der Waals surface area contributed by atoms with Gasteiger partial charge in [-0.05, 0) is 50.1 Å². The summed E-state index contributed by atoms with van der Waals surface area (Å²) in [5, 5.41) is 5.16. The van der Waals surface area contributed by atoms with Crippen LogP contribution in [-0.4, -0.2) is 5.54 Å². The van der Waals surface area contributed by atoms with Crippen LogP contribution < -0.4 is 5.32 Å². The standard InChI is InChI=1S/C18H27NS/c1-13(19-18(5,6)12-17(2,3)4)16-11-14-9-7-8-10-15(14)20-16/h7-11,13,19H,12H2,1-6H3. The first-order valence-corrected chi connectivity index (χ1v) is 8.24. The lowest BCUT2D eigenvalue weighted by Gasteiger charge is -2.35. The van der Waals surface area contributed by atoms with Crippen molar-refractivity contribution in [3.8, 4) is 0 Å². The molecule has 110 valence electrons. The van der Waals surface area contributed by atoms with Gasteiger partial charge in [-0.1, -0.05) is 39.0 Å². The second-order valence-corrected chi connectivity index (χ2v) is 8.79. The van der Waals surface area contributed by atoms with E-state index in [1.165, 1.54) is 15.0 Å². The van der Waals surface area contributed by atoms with E-state index in [1.54, 1.807) is 0 Å². The van der Waals surface area contributed by atoms with Crippen LogP contribution in [0, 0.1) is 5.41 Å². The molecule has 1 aromatic heterocycles. The molecule has 20 heavy (non-hydrogen) atoms. The van der Waals surface area contributed by atoms with Crippen molar-refractivity contribution in [3.63, 3.8) is 0 Å². The summed E-state index contributed by atoms with van der Waals surface area (Å²) in [6.45, 7) is 13.8. The van der Waals surface area contributed by atoms with Crippen LogP contribution in [0.2, 0.25) is 0 Å². The molecule has 2 aromatic rings. The van der Waals surface area contributed by atoms with Crippen molar-refractivity contribution >= 4 is 21.4 Å². The molecule has 1 aromatic carbocycles. The van der Waals surface area contributed by atoms with E-state index in [2.05, 4.69) is 77.2 Å². The molecule has 0 amide bonds. The third-order valence-electron chi connectivity index (χ3n) is 3.45. The average Bonchev–Trinajstić information content (AvgIpc) is 2.68. The molecule has 1 N–H and O–H groups in total. The molecule has 2 heteroatoms. The minimum atomic E-state index is 0.147. The molecule has 0 aliphatic rings. The second-order valence-electron chi connectivity index (χ2n) is 7.67. The highest BCUT2D eigenvalue weighted by molar-refractivity contribution is 7.19. The van der Waals surface area contributed by atoms with E-state index in [4.69, 9.17) is 0 Å². The Hall–Kier alpha value is -0.860. The van der Waals surface area contributed by atoms with Crippen LogP contribution in [0.4, 0.5) is 0 Å². The molecule has 0 saturated heterocycles. The smallest absolute Gasteiger partial charge is 0.0390 e. The quantitative estimate of drug-likeness (QED) is 0.753. The molecule has 1 heterocycles. The van der Waals surface area contributed by atoms with Gasteiger partial charge in [-0.15, -0.1) is 11.3 Å². The Kier molecular flexibility index (Phi) is 4.27. The Balaban J connectivity index is 2.13. The van der Waals surface area contributed by atoms with Crippen molar-refractivity contribution in [1.29, 1.82) is 0 Å². The highest BCUT2D eigenvalue weighted by Gasteiger charge is 2.27. The van der Waals surface area contributed by atoms with Gasteiger partial charge in [-0.3, -0.25) is 0 Å². The van der Waals surface area contributed by atoms with Gasteiger partial charge < -0.3 is 5.32 Å². The summed E-state index contributed by atoms with van der Waals surface area (Å²) < 4.78 is 1.38. The van der Waals surface area contributed by atoms with E-state index < -0.39 is 0 Å². The highest BCUT2D eigenvalue weighted by atomic mass is 32.1. The normalized spacial score (nSPS) is 14.7. The Morgan fingerprint density at radius 2 is 1.75 bits per heavy atom. The lowest BCUT2D eigenvalue weighted by atomic mass is 9.81. The summed E-state index contributed by atoms with van der Waals surface area (Å²) in [7, 11) is 0. The minimum Gasteiger partial charge on any atom is -0.304 e. The fourth-order valence-corrected chi connectivity index (χ4v) is 4.32. The SMILES string of the molecule is CC(NC(C)(C)CC(C)(C)C)c1cc2ccccc2s1. The fourth-order valence-electron chi connectivity index (χ4n) is 3.25. The number of benzene rings is 1. The van der Waals surface area contributed by atoms with E-state index >= 15 is 0 Å². The van der Waals surface area contributed by atoms with Gasteiger partial charge in [0.05, 0.1) is 0 Å². The van der Waals surface area contributed by atoms with Gasteiger partial charge in [0.2, 0.25) is 0 Å². The van der Waals surface area contributed by atoms with E-state index in [0.29, 0.717) is 11.5 Å². The number of rotatable bonds is 4. The molecule has 1 atom stereocenters. The van der Waals surface area contributed by atoms with E-state index in [0.717, 1.165) is 6.42 Å². The summed E-state index contributed by atoms with van der Waals surface area (Å²) >= 11 is 1.90. The van der Waals surface area contributed by atoms with Gasteiger partial charge in [0.15, 0.2) is 0 Å². The first kappa shape index (κ1) is 15.5. The third-order valence-corrected chi connectivity index (χ3v) is 4.75. The molecular weight excluding hydrogens is 262 g/mol. The van der Waals surface area contributed by atoms with Gasteiger partial charge >= 0.3 is 0 Å². The van der Waals surface area contributed by atoms with Crippen LogP contribution >= 0.6 is 11.3 Å². The van der Waals surface area contributed by atoms with Crippen molar-refractivity contribution in [2.24, 2.45) is 5.41 Å². The molecule has 1 unspecified atom stereocenters. The Bertz CT molecular complexity index is 541. The highest BCUT2D eigenvalue weighted by Crippen LogP contribution is 2.33. The average molecular weight is 289 g/mol. The Labute approximate surface area is 127 Å². The van der Waals surface area contributed by atoms with E-state index in [1.807, 2.05) is 11.3 Å². The second kappa shape index (κ2) is 5.50. The van der Waals surface area contributed by atoms with Crippen LogP contribution in [0.25, 0.3) is 10.1 Å². The molecule has 0 fully saturated rings. The number of hydrogen-bond acceptors (Lipinski definition) is 2. The van der Waals surface area contributed by atoms with Gasteiger partial charge in [-0.25, -0.2) is 0 Å². The maximum absolute atomic E-state index is 3.80. The zero-order valence-electron chi connectivity index (χ0n) is 13.6. The van der Waals surface area contributed by atoms with Crippen LogP contribution in [0.5, 0.6) is 0 Å². The molecule has 0 spiro atoms. The minimum absolute atomic E-state index is 0.147. The van der Waals surface area contributed by atoms with Gasteiger partial charge in [-0.2, -0.15) is 0 Å². The molecule has 0 radical (unpaired) electrons. The molecular formula is C18H27NS. The van der Waals surface area contributed by atoms with Crippen molar-refractivity contribution in [2.75, 3.05) is 0 Å². The summed E-state index contributed by atoms with van der Waals surface area (Å²) in [5.41, 5.74) is 0.490. The summed E-state index contributed by atoms with van der Waals surface area (Å²) in [5.74, 6) is 0. The van der Waals surface area contributed by atoms with Crippen LogP contribution in [-0.2, 0) is 0 Å². The van der Waals surface area contributed by atoms with Crippen LogP contribution in [0.15, 0.2) is 30.3 Å². The first-order valence-electron chi connectivity index (χ1n) is 7.42. The number of hydrogen-bond donors (Lipinski definition) is 1. The number of nitrogens with one attached hydrogen (secondary N) is 1. The van der Waals surface area contributed by atoms with Crippen molar-refractivity contribution in [1.82, 2.24) is 5.32 Å². The fraction of sp³-hybridized carbons (Fsp3) is 0.556. The molecule has 0 saturated carbocycles. The number of thiophene rings is 1. The van der Waals surface area contributed by atoms with Gasteiger partial charge in [0.1, 0.15) is 0 Å². The molecule has 0 aliphatic carbocycles. The van der Waals surface area contributed by atoms with Gasteiger partial charge in [0.25, 0.3) is 0 Å². The van der Waals surface area contributed by atoms with Crippen molar-refractivity contribution in [3.05, 3.63) is 35.2 Å². The molecule has 2 rings (SSSR count). The number of fused-ring (bicyclic) bond motifs is 1. The molecule has 1 nitrogen and oxygen atoms in total. The van der Waals surface area contributed by atoms with Gasteiger partial charge in [0, 0.05) is 21.2 Å². The Morgan fingerprint density at radius 3 is 2.35 bits per heavy atom. The Morgan fingerprint density at radius 1 is 1.10 bits per heavy atom. The van der Waals surface area contributed by atoms with E-state index in [-0.39, 0.29) is 5.54 Å². The van der Waals surface area contributed by atoms with Crippen molar-refractivity contribution in [2.45, 2.75) is 59.5 Å². The topological polar surface area (TPSA) is 12.0 Å². The lowest BCUT2D eigenvalue weighted by Crippen LogP contribution is -2.43. The zero-order chi connectivity index (χ0) is 15.0. The third kappa shape index (κ3) is 4.07. The molecule has 0 bridgehead atoms. The monoisotopic (exact) mass is 289 g/mol. The summed E-state index contributed by atoms with van der Waals surface area (Å²) in [4.78, 5) is 1.42. The van der Waals surface area contributed by atoms with Crippen LogP contribution in [0.1, 0.15) is 58.9 Å². The first-order chi connectivity index (χ1) is 9.16. The summed E-state index contributed by atoms with van der Waals surface area (Å²) in [6.07, 6.45) is 1.16. The maximum Gasteiger partial charge on any atom is 0.0390 e. The van der Waals surface area contributed by atoms with Crippen molar-refractivity contribution < 1.29 is 0 Å². The maximum atomic E-state index is 3.80. The summed E-state index contributed by atoms with van der Waals surface area (Å²) in [6, 6.07) is 11.3. The zero-order valence-corrected chi connectivity index (χ0v) is 14.4.